The summed E-state index contributed by atoms with van der Waals surface area (Å²) in [5, 5.41) is 0. The second kappa shape index (κ2) is 3.09. The number of nitrogens with zero attached hydrogens (tertiary/aromatic N) is 2. The zero-order valence-electron chi connectivity index (χ0n) is 7.53. The first-order valence-electron chi connectivity index (χ1n) is 4.28. The van der Waals surface area contributed by atoms with Crippen molar-refractivity contribution in [1.82, 2.24) is 4.90 Å². The Balaban J connectivity index is 2.24. The van der Waals surface area contributed by atoms with Gasteiger partial charge in [0, 0.05) is 25.8 Å². The van der Waals surface area contributed by atoms with E-state index in [4.69, 9.17) is 0 Å². The molecule has 1 aliphatic rings. The minimum Gasteiger partial charge on any atom is -0.326 e. The Morgan fingerprint density at radius 3 is 2.54 bits per heavy atom. The number of hydrogen-bond acceptors (Lipinski definition) is 1. The maximum absolute atomic E-state index is 11.5. The molecule has 0 spiro atoms. The average Bonchev–Trinajstić information content (AvgIpc) is 2.49. The first-order valence-corrected chi connectivity index (χ1v) is 4.28. The highest BCUT2D eigenvalue weighted by atomic mass is 16.2. The van der Waals surface area contributed by atoms with Gasteiger partial charge in [-0.05, 0) is 18.2 Å². The van der Waals surface area contributed by atoms with Crippen molar-refractivity contribution in [3.63, 3.8) is 0 Å². The molecule has 0 N–H and O–H groups in total. The molecule has 0 saturated carbocycles. The summed E-state index contributed by atoms with van der Waals surface area (Å²) in [5.74, 6) is 0. The van der Waals surface area contributed by atoms with Crippen LogP contribution in [0.15, 0.2) is 24.3 Å². The molecule has 3 nitrogen and oxygen atoms in total. The van der Waals surface area contributed by atoms with Gasteiger partial charge in [0.25, 0.3) is 0 Å². The average molecular weight is 175 g/mol. The van der Waals surface area contributed by atoms with Crippen LogP contribution in [0.25, 0.3) is 0 Å². The van der Waals surface area contributed by atoms with E-state index in [1.54, 1.807) is 9.80 Å². The molecule has 1 radical (unpaired) electrons. The van der Waals surface area contributed by atoms with Crippen LogP contribution in [0.5, 0.6) is 0 Å². The molecule has 1 heterocycles. The van der Waals surface area contributed by atoms with E-state index in [0.29, 0.717) is 0 Å². The maximum Gasteiger partial charge on any atom is 0.324 e. The van der Waals surface area contributed by atoms with Gasteiger partial charge in [0.2, 0.25) is 0 Å². The lowest BCUT2D eigenvalue weighted by Gasteiger charge is -2.15. The van der Waals surface area contributed by atoms with E-state index in [1.165, 1.54) is 0 Å². The molecule has 67 valence electrons. The van der Waals surface area contributed by atoms with Crippen LogP contribution in [0.3, 0.4) is 0 Å². The van der Waals surface area contributed by atoms with E-state index in [-0.39, 0.29) is 6.03 Å². The highest BCUT2D eigenvalue weighted by Gasteiger charge is 2.25. The van der Waals surface area contributed by atoms with Gasteiger partial charge >= 0.3 is 6.03 Å². The van der Waals surface area contributed by atoms with Gasteiger partial charge in [-0.1, -0.05) is 12.1 Å². The van der Waals surface area contributed by atoms with Crippen LogP contribution < -0.4 is 4.90 Å². The number of carbonyl (C=O) groups excluding carboxylic acids is 1. The van der Waals surface area contributed by atoms with Crippen molar-refractivity contribution >= 4 is 11.7 Å². The summed E-state index contributed by atoms with van der Waals surface area (Å²) in [7, 11) is 1.82. The number of likely N-dealkylation sites (N-methyl/N-ethyl adjacent to an activating group) is 1. The zero-order valence-corrected chi connectivity index (χ0v) is 7.53. The molecule has 13 heavy (non-hydrogen) atoms. The van der Waals surface area contributed by atoms with Gasteiger partial charge in [-0.2, -0.15) is 0 Å². The normalized spacial score (nSPS) is 16.8. The second-order valence-corrected chi connectivity index (χ2v) is 3.11. The van der Waals surface area contributed by atoms with E-state index in [2.05, 4.69) is 6.07 Å². The minimum atomic E-state index is 0.0752. The summed E-state index contributed by atoms with van der Waals surface area (Å²) in [5.41, 5.74) is 0.952. The Bertz CT molecular complexity index is 310. The molecule has 0 unspecified atom stereocenters. The summed E-state index contributed by atoms with van der Waals surface area (Å²) in [6, 6.07) is 10.4. The maximum atomic E-state index is 11.5. The van der Waals surface area contributed by atoms with Crippen LogP contribution in [0.4, 0.5) is 10.5 Å². The molecule has 0 aromatic heterocycles. The fourth-order valence-electron chi connectivity index (χ4n) is 1.44. The molecule has 3 heteroatoms. The summed E-state index contributed by atoms with van der Waals surface area (Å²) in [4.78, 5) is 15.0. The standard InChI is InChI=1S/C10H11N2O/c1-11-7-8-12(10(11)13)9-5-3-2-4-6-9/h3-6H,7-8H2,1H3. The lowest BCUT2D eigenvalue weighted by Crippen LogP contribution is -2.28. The Labute approximate surface area is 77.6 Å². The topological polar surface area (TPSA) is 23.6 Å². The van der Waals surface area contributed by atoms with Gasteiger partial charge in [-0.15, -0.1) is 0 Å². The van der Waals surface area contributed by atoms with Crippen LogP contribution in [0, 0.1) is 6.07 Å². The third kappa shape index (κ3) is 1.37. The van der Waals surface area contributed by atoms with Gasteiger partial charge in [-0.25, -0.2) is 4.79 Å². The first-order chi connectivity index (χ1) is 6.29. The highest BCUT2D eigenvalue weighted by Crippen LogP contribution is 2.17. The lowest BCUT2D eigenvalue weighted by atomic mass is 10.3. The molecule has 1 saturated heterocycles. The molecule has 0 aliphatic carbocycles. The van der Waals surface area contributed by atoms with Crippen molar-refractivity contribution in [2.75, 3.05) is 25.0 Å². The number of benzene rings is 1. The smallest absolute Gasteiger partial charge is 0.324 e. The predicted octanol–water partition coefficient (Wildman–Crippen LogP) is 1.36. The van der Waals surface area contributed by atoms with E-state index < -0.39 is 0 Å². The molecule has 1 aromatic rings. The van der Waals surface area contributed by atoms with E-state index in [9.17, 15) is 4.79 Å². The van der Waals surface area contributed by atoms with E-state index >= 15 is 0 Å². The summed E-state index contributed by atoms with van der Waals surface area (Å²) >= 11 is 0. The fourth-order valence-corrected chi connectivity index (χ4v) is 1.44. The van der Waals surface area contributed by atoms with Crippen molar-refractivity contribution < 1.29 is 4.79 Å². The number of hydrogen-bond donors (Lipinski definition) is 0. The van der Waals surface area contributed by atoms with Crippen molar-refractivity contribution in [3.8, 4) is 0 Å². The molecule has 0 atom stereocenters. The Morgan fingerprint density at radius 1 is 1.31 bits per heavy atom. The highest BCUT2D eigenvalue weighted by molar-refractivity contribution is 5.93. The van der Waals surface area contributed by atoms with Gasteiger partial charge in [0.05, 0.1) is 0 Å². The molecular formula is C10H11N2O. The molecular weight excluding hydrogens is 164 g/mol. The third-order valence-electron chi connectivity index (χ3n) is 2.23. The van der Waals surface area contributed by atoms with Crippen LogP contribution >= 0.6 is 0 Å². The molecule has 1 aromatic carbocycles. The summed E-state index contributed by atoms with van der Waals surface area (Å²) in [6.07, 6.45) is 0. The first kappa shape index (κ1) is 8.10. The van der Waals surface area contributed by atoms with Crippen molar-refractivity contribution in [1.29, 1.82) is 0 Å². The predicted molar refractivity (Wildman–Crippen MR) is 50.7 cm³/mol. The third-order valence-corrected chi connectivity index (χ3v) is 2.23. The Hall–Kier alpha value is -1.51. The molecule has 2 amide bonds. The van der Waals surface area contributed by atoms with Crippen molar-refractivity contribution in [3.05, 3.63) is 30.3 Å². The molecule has 2 rings (SSSR count). The Morgan fingerprint density at radius 2 is 2.00 bits per heavy atom. The number of carbonyl (C=O) groups is 1. The largest absolute Gasteiger partial charge is 0.326 e. The number of amides is 2. The van der Waals surface area contributed by atoms with E-state index in [1.807, 2.05) is 31.3 Å². The van der Waals surface area contributed by atoms with Crippen LogP contribution in [-0.2, 0) is 0 Å². The number of urea groups is 1. The lowest BCUT2D eigenvalue weighted by molar-refractivity contribution is 0.229. The van der Waals surface area contributed by atoms with Crippen LogP contribution in [0.1, 0.15) is 0 Å². The van der Waals surface area contributed by atoms with Crippen molar-refractivity contribution in [2.45, 2.75) is 0 Å². The summed E-state index contributed by atoms with van der Waals surface area (Å²) < 4.78 is 0. The monoisotopic (exact) mass is 175 g/mol. The SMILES string of the molecule is CN1CCN(c2cc[c]cc2)C1=O. The zero-order chi connectivity index (χ0) is 9.26. The van der Waals surface area contributed by atoms with Crippen LogP contribution in [-0.4, -0.2) is 31.1 Å². The van der Waals surface area contributed by atoms with E-state index in [0.717, 1.165) is 18.8 Å². The van der Waals surface area contributed by atoms with Gasteiger partial charge in [0.1, 0.15) is 0 Å². The molecule has 1 aliphatic heterocycles. The fraction of sp³-hybridized carbons (Fsp3) is 0.300. The number of anilines is 1. The van der Waals surface area contributed by atoms with Crippen molar-refractivity contribution in [2.24, 2.45) is 0 Å². The van der Waals surface area contributed by atoms with Gasteiger partial charge in [0.15, 0.2) is 0 Å². The minimum absolute atomic E-state index is 0.0752. The Kier molecular flexibility index (Phi) is 1.93. The van der Waals surface area contributed by atoms with Gasteiger partial charge < -0.3 is 4.90 Å². The van der Waals surface area contributed by atoms with Crippen LogP contribution in [0.2, 0.25) is 0 Å². The summed E-state index contributed by atoms with van der Waals surface area (Å²) in [6.45, 7) is 1.58. The molecule has 0 bridgehead atoms. The van der Waals surface area contributed by atoms with Gasteiger partial charge in [-0.3, -0.25) is 4.90 Å². The quantitative estimate of drug-likeness (QED) is 0.632. The second-order valence-electron chi connectivity index (χ2n) is 3.11. The number of rotatable bonds is 1. The molecule has 1 fully saturated rings.